The molecule has 2 aromatic carbocycles. The van der Waals surface area contributed by atoms with Crippen molar-refractivity contribution in [2.45, 2.75) is 30.7 Å². The summed E-state index contributed by atoms with van der Waals surface area (Å²) in [6.07, 6.45) is 5.27. The Balaban J connectivity index is 1.55. The van der Waals surface area contributed by atoms with Crippen molar-refractivity contribution in [3.63, 3.8) is 0 Å². The van der Waals surface area contributed by atoms with Gasteiger partial charge in [-0.1, -0.05) is 35.3 Å². The van der Waals surface area contributed by atoms with Gasteiger partial charge < -0.3 is 9.84 Å². The molecule has 1 atom stereocenters. The van der Waals surface area contributed by atoms with Crippen LogP contribution in [0.25, 0.3) is 0 Å². The van der Waals surface area contributed by atoms with Crippen LogP contribution in [-0.4, -0.2) is 48.9 Å². The normalized spacial score (nSPS) is 19.0. The minimum atomic E-state index is -1.80. The molecule has 1 aliphatic carbocycles. The quantitative estimate of drug-likeness (QED) is 0.295. The van der Waals surface area contributed by atoms with Crippen molar-refractivity contribution in [2.24, 2.45) is 0 Å². The maximum absolute atomic E-state index is 16.3. The van der Waals surface area contributed by atoms with E-state index in [9.17, 15) is 14.7 Å². The molecule has 0 spiro atoms. The highest BCUT2D eigenvalue weighted by atomic mass is 35.5. The highest BCUT2D eigenvalue weighted by molar-refractivity contribution is 6.30. The molecule has 1 saturated carbocycles. The first-order valence-corrected chi connectivity index (χ1v) is 13.2. The minimum absolute atomic E-state index is 0.0639. The molecule has 8 nitrogen and oxygen atoms in total. The van der Waals surface area contributed by atoms with Crippen molar-refractivity contribution in [3.8, 4) is 0 Å². The van der Waals surface area contributed by atoms with Crippen LogP contribution in [0.5, 0.6) is 0 Å². The monoisotopic (exact) mass is 578 g/mol. The molecule has 1 amide bonds. The number of fused-ring (bicyclic) bond motifs is 1. The van der Waals surface area contributed by atoms with Gasteiger partial charge in [0.05, 0.1) is 40.6 Å². The van der Waals surface area contributed by atoms with Gasteiger partial charge in [-0.3, -0.25) is 19.5 Å². The highest BCUT2D eigenvalue weighted by Crippen LogP contribution is 2.49. The third-order valence-electron chi connectivity index (χ3n) is 7.04. The molecular formula is C29H21Cl2FN4O4. The molecule has 11 heteroatoms. The number of ketones is 1. The number of nitrogens with zero attached hydrogens (tertiary/aromatic N) is 4. The molecule has 202 valence electrons. The molecule has 4 aromatic rings. The number of ether oxygens (including phenoxy) is 1. The van der Waals surface area contributed by atoms with Gasteiger partial charge in [-0.05, 0) is 55.3 Å². The first kappa shape index (κ1) is 26.5. The number of amides is 1. The molecule has 1 fully saturated rings. The Morgan fingerprint density at radius 2 is 1.73 bits per heavy atom. The highest BCUT2D eigenvalue weighted by Gasteiger charge is 2.56. The maximum atomic E-state index is 16.3. The second-order valence-corrected chi connectivity index (χ2v) is 10.7. The predicted octanol–water partition coefficient (Wildman–Crippen LogP) is 4.95. The van der Waals surface area contributed by atoms with Gasteiger partial charge in [-0.25, -0.2) is 14.4 Å². The topological polar surface area (TPSA) is 106 Å². The average Bonchev–Trinajstić information content (AvgIpc) is 3.65. The molecule has 6 rings (SSSR count). The van der Waals surface area contributed by atoms with Crippen molar-refractivity contribution in [1.29, 1.82) is 0 Å². The zero-order valence-electron chi connectivity index (χ0n) is 20.9. The van der Waals surface area contributed by atoms with E-state index in [0.29, 0.717) is 34.1 Å². The number of aliphatic hydroxyl groups is 1. The van der Waals surface area contributed by atoms with Crippen molar-refractivity contribution in [3.05, 3.63) is 123 Å². The molecule has 3 heterocycles. The van der Waals surface area contributed by atoms with E-state index in [2.05, 4.69) is 15.0 Å². The molecule has 1 aliphatic heterocycles. The summed E-state index contributed by atoms with van der Waals surface area (Å²) in [5, 5.41) is 11.5. The van der Waals surface area contributed by atoms with Gasteiger partial charge >= 0.3 is 0 Å². The van der Waals surface area contributed by atoms with E-state index in [1.807, 2.05) is 0 Å². The number of benzene rings is 2. The third-order valence-corrected chi connectivity index (χ3v) is 7.51. The van der Waals surface area contributed by atoms with Gasteiger partial charge in [0.25, 0.3) is 5.91 Å². The molecule has 1 N–H and O–H groups in total. The summed E-state index contributed by atoms with van der Waals surface area (Å²) < 4.78 is 22.7. The summed E-state index contributed by atoms with van der Waals surface area (Å²) in [6, 6.07) is 13.7. The van der Waals surface area contributed by atoms with Crippen LogP contribution < -0.4 is 0 Å². The molecule has 2 aromatic heterocycles. The van der Waals surface area contributed by atoms with Crippen LogP contribution in [0.2, 0.25) is 10.0 Å². The lowest BCUT2D eigenvalue weighted by molar-refractivity contribution is -0.139. The SMILES string of the molecule is O=C(c1cc(F)c2c(c1)C(=O)N(Cc1ccc(Cl)cn1)C2(OCC1(O)CC1)c1ccc(Cl)cc1)c1ncccn1. The van der Waals surface area contributed by atoms with Crippen molar-refractivity contribution in [2.75, 3.05) is 6.61 Å². The van der Waals surface area contributed by atoms with Crippen LogP contribution >= 0.6 is 23.2 Å². The standard InChI is InChI=1S/C29H21Cl2FN4O4/c30-19-4-2-18(3-5-19)29(40-16-28(39)8-9-28)24-22(27(38)36(29)15-21-7-6-20(31)14-35-21)12-17(13-23(24)32)25(37)26-33-10-1-11-34-26/h1-7,10-14,39H,8-9,15-16H2. The number of hydrogen-bond acceptors (Lipinski definition) is 7. The zero-order valence-corrected chi connectivity index (χ0v) is 22.4. The summed E-state index contributed by atoms with van der Waals surface area (Å²) in [4.78, 5) is 40.8. The Bertz CT molecular complexity index is 1620. The Kier molecular flexibility index (Phi) is 6.62. The van der Waals surface area contributed by atoms with Gasteiger partial charge in [-0.2, -0.15) is 0 Å². The van der Waals surface area contributed by atoms with E-state index < -0.39 is 28.8 Å². The van der Waals surface area contributed by atoms with Crippen molar-refractivity contribution < 1.29 is 23.8 Å². The summed E-state index contributed by atoms with van der Waals surface area (Å²) in [7, 11) is 0. The van der Waals surface area contributed by atoms with Gasteiger partial charge in [0.2, 0.25) is 11.6 Å². The molecule has 1 unspecified atom stereocenters. The number of carbonyl (C=O) groups excluding carboxylic acids is 2. The largest absolute Gasteiger partial charge is 0.387 e. The third kappa shape index (κ3) is 4.65. The Labute approximate surface area is 238 Å². The molecule has 0 radical (unpaired) electrons. The first-order chi connectivity index (χ1) is 19.2. The second-order valence-electron chi connectivity index (χ2n) is 9.81. The fraction of sp³-hybridized carbons (Fsp3) is 0.207. The number of hydrogen-bond donors (Lipinski definition) is 1. The minimum Gasteiger partial charge on any atom is -0.387 e. The Morgan fingerprint density at radius 3 is 2.38 bits per heavy atom. The van der Waals surface area contributed by atoms with Crippen LogP contribution in [0, 0.1) is 5.82 Å². The van der Waals surface area contributed by atoms with E-state index in [1.165, 1.54) is 29.6 Å². The number of pyridine rings is 1. The Hall–Kier alpha value is -3.76. The van der Waals surface area contributed by atoms with Crippen molar-refractivity contribution >= 4 is 34.9 Å². The van der Waals surface area contributed by atoms with Crippen LogP contribution in [-0.2, 0) is 17.0 Å². The lowest BCUT2D eigenvalue weighted by Gasteiger charge is -2.40. The zero-order chi connectivity index (χ0) is 28.1. The van der Waals surface area contributed by atoms with Crippen LogP contribution in [0.4, 0.5) is 4.39 Å². The van der Waals surface area contributed by atoms with E-state index in [4.69, 9.17) is 27.9 Å². The number of aromatic nitrogens is 3. The van der Waals surface area contributed by atoms with Gasteiger partial charge in [0.15, 0.2) is 5.72 Å². The van der Waals surface area contributed by atoms with E-state index in [1.54, 1.807) is 42.5 Å². The fourth-order valence-corrected chi connectivity index (χ4v) is 5.04. The fourth-order valence-electron chi connectivity index (χ4n) is 4.80. The van der Waals surface area contributed by atoms with Gasteiger partial charge in [0, 0.05) is 34.7 Å². The second kappa shape index (κ2) is 10.0. The van der Waals surface area contributed by atoms with Crippen LogP contribution in [0.15, 0.2) is 73.2 Å². The van der Waals surface area contributed by atoms with Crippen LogP contribution in [0.3, 0.4) is 0 Å². The first-order valence-electron chi connectivity index (χ1n) is 12.4. The van der Waals surface area contributed by atoms with E-state index in [0.717, 1.165) is 6.07 Å². The smallest absolute Gasteiger partial charge is 0.257 e. The molecule has 40 heavy (non-hydrogen) atoms. The lowest BCUT2D eigenvalue weighted by Crippen LogP contribution is -2.48. The molecule has 2 aliphatic rings. The summed E-state index contributed by atoms with van der Waals surface area (Å²) >= 11 is 12.2. The summed E-state index contributed by atoms with van der Waals surface area (Å²) in [5.74, 6) is -2.20. The molecule has 0 bridgehead atoms. The molecular weight excluding hydrogens is 558 g/mol. The predicted molar refractivity (Wildman–Crippen MR) is 143 cm³/mol. The average molecular weight is 579 g/mol. The maximum Gasteiger partial charge on any atom is 0.257 e. The van der Waals surface area contributed by atoms with E-state index >= 15 is 4.39 Å². The number of rotatable bonds is 8. The molecule has 0 saturated heterocycles. The van der Waals surface area contributed by atoms with Gasteiger partial charge in [-0.15, -0.1) is 0 Å². The number of halogens is 3. The summed E-state index contributed by atoms with van der Waals surface area (Å²) in [5.41, 5.74) is -2.25. The summed E-state index contributed by atoms with van der Waals surface area (Å²) in [6.45, 7) is -0.249. The van der Waals surface area contributed by atoms with Crippen LogP contribution in [0.1, 0.15) is 56.2 Å². The van der Waals surface area contributed by atoms with Gasteiger partial charge in [0.1, 0.15) is 5.82 Å². The Morgan fingerprint density at radius 1 is 1.02 bits per heavy atom. The number of carbonyl (C=O) groups is 2. The van der Waals surface area contributed by atoms with E-state index in [-0.39, 0.29) is 35.7 Å². The van der Waals surface area contributed by atoms with Crippen molar-refractivity contribution in [1.82, 2.24) is 19.9 Å². The lowest BCUT2D eigenvalue weighted by atomic mass is 9.91.